The molecule has 0 aliphatic carbocycles. The first-order valence-electron chi connectivity index (χ1n) is 5.03. The molecule has 0 fully saturated rings. The fraction of sp³-hybridized carbons (Fsp3) is 0.364. The normalized spacial score (nSPS) is 12.2. The molecular formula is C11H12BrF2NO2. The van der Waals surface area contributed by atoms with Crippen LogP contribution in [0.25, 0.3) is 0 Å². The highest BCUT2D eigenvalue weighted by molar-refractivity contribution is 9.10. The third-order valence-electron chi connectivity index (χ3n) is 2.20. The average Bonchev–Trinajstić information content (AvgIpc) is 2.23. The van der Waals surface area contributed by atoms with Gasteiger partial charge in [-0.15, -0.1) is 0 Å². The van der Waals surface area contributed by atoms with E-state index in [0.29, 0.717) is 6.42 Å². The predicted molar refractivity (Wildman–Crippen MR) is 64.0 cm³/mol. The van der Waals surface area contributed by atoms with Crippen molar-refractivity contribution < 1.29 is 18.7 Å². The maximum atomic E-state index is 13.4. The van der Waals surface area contributed by atoms with E-state index in [1.54, 1.807) is 6.92 Å². The van der Waals surface area contributed by atoms with Gasteiger partial charge in [0.05, 0.1) is 10.2 Å². The third-order valence-corrected chi connectivity index (χ3v) is 2.81. The summed E-state index contributed by atoms with van der Waals surface area (Å²) in [6, 6.07) is 1.82. The minimum atomic E-state index is -0.916. The number of carboxylic acids is 1. The molecule has 1 aromatic carbocycles. The summed E-state index contributed by atoms with van der Waals surface area (Å²) in [6.45, 7) is 1.71. The number of halogens is 3. The van der Waals surface area contributed by atoms with Crippen molar-refractivity contribution in [2.75, 3.05) is 5.32 Å². The molecule has 0 amide bonds. The summed E-state index contributed by atoms with van der Waals surface area (Å²) < 4.78 is 26.6. The molecule has 0 radical (unpaired) electrons. The van der Waals surface area contributed by atoms with E-state index in [9.17, 15) is 13.6 Å². The van der Waals surface area contributed by atoms with E-state index in [1.807, 2.05) is 0 Å². The van der Waals surface area contributed by atoms with Gasteiger partial charge in [-0.25, -0.2) is 8.78 Å². The monoisotopic (exact) mass is 307 g/mol. The average molecular weight is 308 g/mol. The van der Waals surface area contributed by atoms with Crippen LogP contribution in [0.5, 0.6) is 0 Å². The Morgan fingerprint density at radius 3 is 2.71 bits per heavy atom. The zero-order valence-electron chi connectivity index (χ0n) is 9.14. The van der Waals surface area contributed by atoms with E-state index in [2.05, 4.69) is 21.2 Å². The summed E-state index contributed by atoms with van der Waals surface area (Å²) in [6.07, 6.45) is 0.321. The molecule has 0 saturated heterocycles. The molecular weight excluding hydrogens is 296 g/mol. The Labute approximate surface area is 106 Å². The molecule has 17 heavy (non-hydrogen) atoms. The Hall–Kier alpha value is -1.17. The van der Waals surface area contributed by atoms with Crippen molar-refractivity contribution in [2.24, 2.45) is 0 Å². The number of aliphatic carboxylic acids is 1. The van der Waals surface area contributed by atoms with E-state index in [4.69, 9.17) is 5.11 Å². The summed E-state index contributed by atoms with van der Waals surface area (Å²) in [5.74, 6) is -2.07. The Balaban J connectivity index is 2.68. The minimum absolute atomic E-state index is 0.0191. The molecule has 0 spiro atoms. The molecule has 0 bridgehead atoms. The number of hydrogen-bond donors (Lipinski definition) is 2. The summed E-state index contributed by atoms with van der Waals surface area (Å²) in [7, 11) is 0. The zero-order chi connectivity index (χ0) is 13.0. The molecule has 0 saturated carbocycles. The fourth-order valence-corrected chi connectivity index (χ4v) is 1.63. The van der Waals surface area contributed by atoms with Crippen molar-refractivity contribution in [3.63, 3.8) is 0 Å². The lowest BCUT2D eigenvalue weighted by atomic mass is 10.1. The van der Waals surface area contributed by atoms with Crippen LogP contribution in [0.3, 0.4) is 0 Å². The molecule has 0 aromatic heterocycles. The van der Waals surface area contributed by atoms with Crippen molar-refractivity contribution in [1.29, 1.82) is 0 Å². The van der Waals surface area contributed by atoms with Crippen LogP contribution in [0.2, 0.25) is 0 Å². The minimum Gasteiger partial charge on any atom is -0.481 e. The number of anilines is 1. The second-order valence-corrected chi connectivity index (χ2v) is 4.58. The van der Waals surface area contributed by atoms with Gasteiger partial charge in [0.1, 0.15) is 11.6 Å². The van der Waals surface area contributed by atoms with Crippen molar-refractivity contribution >= 4 is 27.6 Å². The fourth-order valence-electron chi connectivity index (χ4n) is 1.31. The lowest BCUT2D eigenvalue weighted by Gasteiger charge is -2.15. The summed E-state index contributed by atoms with van der Waals surface area (Å²) >= 11 is 2.88. The lowest BCUT2D eigenvalue weighted by Crippen LogP contribution is -2.17. The first kappa shape index (κ1) is 13.9. The van der Waals surface area contributed by atoms with E-state index in [1.165, 1.54) is 0 Å². The second kappa shape index (κ2) is 5.95. The summed E-state index contributed by atoms with van der Waals surface area (Å²) in [5, 5.41) is 11.2. The van der Waals surface area contributed by atoms with Crippen LogP contribution in [0.4, 0.5) is 14.5 Å². The smallest absolute Gasteiger partial charge is 0.303 e. The molecule has 0 aliphatic heterocycles. The van der Waals surface area contributed by atoms with Crippen molar-refractivity contribution in [3.05, 3.63) is 28.2 Å². The topological polar surface area (TPSA) is 49.3 Å². The van der Waals surface area contributed by atoms with E-state index >= 15 is 0 Å². The second-order valence-electron chi connectivity index (χ2n) is 3.72. The van der Waals surface area contributed by atoms with Gasteiger partial charge in [0.2, 0.25) is 0 Å². The van der Waals surface area contributed by atoms with Crippen molar-refractivity contribution in [2.45, 2.75) is 25.8 Å². The Kier molecular flexibility index (Phi) is 4.86. The number of benzene rings is 1. The van der Waals surface area contributed by atoms with Crippen LogP contribution in [-0.2, 0) is 4.79 Å². The van der Waals surface area contributed by atoms with Gasteiger partial charge in [0, 0.05) is 18.5 Å². The largest absolute Gasteiger partial charge is 0.481 e. The summed E-state index contributed by atoms with van der Waals surface area (Å²) in [4.78, 5) is 10.4. The number of rotatable bonds is 5. The Morgan fingerprint density at radius 2 is 2.12 bits per heavy atom. The molecule has 3 nitrogen and oxygen atoms in total. The molecule has 6 heteroatoms. The van der Waals surface area contributed by atoms with E-state index < -0.39 is 17.6 Å². The van der Waals surface area contributed by atoms with Crippen LogP contribution in [0, 0.1) is 11.6 Å². The van der Waals surface area contributed by atoms with Gasteiger partial charge in [0.25, 0.3) is 0 Å². The Bertz CT molecular complexity index is 426. The molecule has 1 rings (SSSR count). The van der Waals surface area contributed by atoms with Crippen molar-refractivity contribution in [3.8, 4) is 0 Å². The van der Waals surface area contributed by atoms with Gasteiger partial charge in [-0.1, -0.05) is 0 Å². The van der Waals surface area contributed by atoms with Gasteiger partial charge < -0.3 is 10.4 Å². The molecule has 1 atom stereocenters. The molecule has 94 valence electrons. The van der Waals surface area contributed by atoms with Crippen LogP contribution in [-0.4, -0.2) is 17.1 Å². The van der Waals surface area contributed by atoms with Gasteiger partial charge in [-0.05, 0) is 35.3 Å². The number of nitrogens with one attached hydrogen (secondary N) is 1. The zero-order valence-corrected chi connectivity index (χ0v) is 10.7. The third kappa shape index (κ3) is 4.30. The number of carbonyl (C=O) groups is 1. The summed E-state index contributed by atoms with van der Waals surface area (Å²) in [5.41, 5.74) is 0.0311. The highest BCUT2D eigenvalue weighted by atomic mass is 79.9. The SMILES string of the molecule is CC(CCC(=O)O)Nc1cc(F)c(Br)cc1F. The van der Waals surface area contributed by atoms with Gasteiger partial charge in [0.15, 0.2) is 0 Å². The quantitative estimate of drug-likeness (QED) is 0.820. The molecule has 0 aliphatic rings. The predicted octanol–water partition coefficient (Wildman–Crippen LogP) is 3.39. The van der Waals surface area contributed by atoms with Gasteiger partial charge in [-0.3, -0.25) is 4.79 Å². The lowest BCUT2D eigenvalue weighted by molar-refractivity contribution is -0.137. The maximum Gasteiger partial charge on any atom is 0.303 e. The van der Waals surface area contributed by atoms with Crippen LogP contribution >= 0.6 is 15.9 Å². The molecule has 1 unspecified atom stereocenters. The first-order valence-corrected chi connectivity index (χ1v) is 5.82. The van der Waals surface area contributed by atoms with Gasteiger partial charge in [-0.2, -0.15) is 0 Å². The van der Waals surface area contributed by atoms with Crippen molar-refractivity contribution in [1.82, 2.24) is 0 Å². The molecule has 2 N–H and O–H groups in total. The maximum absolute atomic E-state index is 13.4. The highest BCUT2D eigenvalue weighted by Gasteiger charge is 2.11. The van der Waals surface area contributed by atoms with Crippen LogP contribution in [0.1, 0.15) is 19.8 Å². The standard InChI is InChI=1S/C11H12BrF2NO2/c1-6(2-3-11(16)17)15-10-5-8(13)7(12)4-9(10)14/h4-6,15H,2-3H2,1H3,(H,16,17). The van der Waals surface area contributed by atoms with Crippen LogP contribution < -0.4 is 5.32 Å². The highest BCUT2D eigenvalue weighted by Crippen LogP contribution is 2.24. The molecule has 0 heterocycles. The molecule has 1 aromatic rings. The number of hydrogen-bond acceptors (Lipinski definition) is 2. The Morgan fingerprint density at radius 1 is 1.47 bits per heavy atom. The van der Waals surface area contributed by atoms with Gasteiger partial charge >= 0.3 is 5.97 Å². The van der Waals surface area contributed by atoms with E-state index in [0.717, 1.165) is 12.1 Å². The van der Waals surface area contributed by atoms with E-state index in [-0.39, 0.29) is 22.6 Å². The number of carboxylic acid groups (broad SMARTS) is 1. The first-order chi connectivity index (χ1) is 7.90. The van der Waals surface area contributed by atoms with Crippen LogP contribution in [0.15, 0.2) is 16.6 Å².